The van der Waals surface area contributed by atoms with Crippen molar-refractivity contribution in [2.24, 2.45) is 10.8 Å². The van der Waals surface area contributed by atoms with Gasteiger partial charge in [-0.15, -0.1) is 0 Å². The first-order chi connectivity index (χ1) is 9.42. The Morgan fingerprint density at radius 2 is 1.05 bits per heavy atom. The molecule has 0 aromatic heterocycles. The first kappa shape index (κ1) is 16.5. The van der Waals surface area contributed by atoms with Crippen LogP contribution in [-0.2, 0) is 0 Å². The summed E-state index contributed by atoms with van der Waals surface area (Å²) in [5.41, 5.74) is 3.80. The largest absolute Gasteiger partial charge is 0.111 e. The molecule has 0 amide bonds. The molecular formula is C20H32Si. The van der Waals surface area contributed by atoms with Crippen LogP contribution in [0.2, 0.25) is 13.1 Å². The number of rotatable bonds is 2. The van der Waals surface area contributed by atoms with Gasteiger partial charge in [-0.25, -0.2) is 0 Å². The summed E-state index contributed by atoms with van der Waals surface area (Å²) in [6.07, 6.45) is 12.3. The van der Waals surface area contributed by atoms with Gasteiger partial charge in [0, 0.05) is 0 Å². The lowest BCUT2D eigenvalue weighted by atomic mass is 9.86. The number of hydrogen-bond acceptors (Lipinski definition) is 0. The van der Waals surface area contributed by atoms with Crippen molar-refractivity contribution in [1.82, 2.24) is 0 Å². The molecular weight excluding hydrogens is 268 g/mol. The Bertz CT molecular complexity index is 502. The van der Waals surface area contributed by atoms with E-state index in [0.717, 1.165) is 12.8 Å². The lowest BCUT2D eigenvalue weighted by Crippen LogP contribution is -2.30. The smallest absolute Gasteiger partial charge is 0.0808 e. The summed E-state index contributed by atoms with van der Waals surface area (Å²) in [6.45, 7) is 19.0. The van der Waals surface area contributed by atoms with Crippen molar-refractivity contribution in [3.05, 3.63) is 45.8 Å². The molecule has 0 aromatic carbocycles. The third-order valence-corrected chi connectivity index (χ3v) is 8.70. The molecule has 0 aliphatic heterocycles. The molecule has 2 aliphatic rings. The molecule has 0 bridgehead atoms. The Morgan fingerprint density at radius 3 is 1.29 bits per heavy atom. The van der Waals surface area contributed by atoms with Crippen molar-refractivity contribution in [2.75, 3.05) is 0 Å². The van der Waals surface area contributed by atoms with Crippen LogP contribution in [0.4, 0.5) is 0 Å². The molecule has 0 saturated carbocycles. The van der Waals surface area contributed by atoms with Crippen molar-refractivity contribution in [1.29, 1.82) is 0 Å². The Kier molecular flexibility index (Phi) is 4.03. The van der Waals surface area contributed by atoms with E-state index >= 15 is 0 Å². The summed E-state index contributed by atoms with van der Waals surface area (Å²) in [6, 6.07) is 0. The van der Waals surface area contributed by atoms with E-state index in [-0.39, 0.29) is 0 Å². The monoisotopic (exact) mass is 300 g/mol. The van der Waals surface area contributed by atoms with E-state index < -0.39 is 8.07 Å². The highest BCUT2D eigenvalue weighted by molar-refractivity contribution is 6.91. The van der Waals surface area contributed by atoms with E-state index in [0.29, 0.717) is 10.8 Å². The maximum atomic E-state index is 2.51. The van der Waals surface area contributed by atoms with Crippen molar-refractivity contribution in [3.63, 3.8) is 0 Å². The Hall–Kier alpha value is -0.823. The molecule has 2 aliphatic carbocycles. The topological polar surface area (TPSA) is 0 Å². The third kappa shape index (κ3) is 3.34. The van der Waals surface area contributed by atoms with E-state index in [9.17, 15) is 0 Å². The molecule has 21 heavy (non-hydrogen) atoms. The normalized spacial score (nSPS) is 20.2. The van der Waals surface area contributed by atoms with Gasteiger partial charge in [0.05, 0.1) is 0 Å². The quantitative estimate of drug-likeness (QED) is 0.519. The third-order valence-electron chi connectivity index (χ3n) is 5.11. The summed E-state index contributed by atoms with van der Waals surface area (Å²) >= 11 is 0. The lowest BCUT2D eigenvalue weighted by Gasteiger charge is -2.25. The van der Waals surface area contributed by atoms with E-state index in [2.05, 4.69) is 78.9 Å². The molecule has 0 heterocycles. The van der Waals surface area contributed by atoms with Crippen LogP contribution in [0.15, 0.2) is 45.8 Å². The van der Waals surface area contributed by atoms with E-state index in [1.807, 2.05) is 0 Å². The maximum absolute atomic E-state index is 2.51. The first-order valence-electron chi connectivity index (χ1n) is 8.26. The maximum Gasteiger partial charge on any atom is 0.111 e. The second kappa shape index (κ2) is 5.12. The highest BCUT2D eigenvalue weighted by atomic mass is 28.3. The van der Waals surface area contributed by atoms with Crippen LogP contribution in [0.3, 0.4) is 0 Å². The van der Waals surface area contributed by atoms with Crippen LogP contribution in [0.1, 0.15) is 54.4 Å². The van der Waals surface area contributed by atoms with Gasteiger partial charge in [0.1, 0.15) is 8.07 Å². The minimum absolute atomic E-state index is 0.305. The molecule has 2 rings (SSSR count). The predicted octanol–water partition coefficient (Wildman–Crippen LogP) is 6.38. The summed E-state index contributed by atoms with van der Waals surface area (Å²) in [7, 11) is -1.51. The fourth-order valence-corrected chi connectivity index (χ4v) is 5.76. The number of allylic oxidation sites excluding steroid dienone is 8. The summed E-state index contributed by atoms with van der Waals surface area (Å²) in [5.74, 6) is 0. The van der Waals surface area contributed by atoms with Gasteiger partial charge in [-0.2, -0.15) is 0 Å². The van der Waals surface area contributed by atoms with Gasteiger partial charge in [0.15, 0.2) is 0 Å². The molecule has 1 heteroatoms. The summed E-state index contributed by atoms with van der Waals surface area (Å²) in [5, 5.41) is 3.26. The molecule has 0 nitrogen and oxygen atoms in total. The second-order valence-corrected chi connectivity index (χ2v) is 13.6. The molecule has 0 aromatic rings. The van der Waals surface area contributed by atoms with Crippen molar-refractivity contribution in [2.45, 2.75) is 67.5 Å². The minimum Gasteiger partial charge on any atom is -0.0808 e. The Balaban J connectivity index is 2.26. The van der Waals surface area contributed by atoms with Crippen LogP contribution in [0.5, 0.6) is 0 Å². The zero-order chi connectivity index (χ0) is 16.1. The lowest BCUT2D eigenvalue weighted by molar-refractivity contribution is 0.496. The van der Waals surface area contributed by atoms with Crippen LogP contribution in [0.25, 0.3) is 0 Å². The number of hydrogen-bond donors (Lipinski definition) is 0. The standard InChI is InChI=1S/C20H32Si/c1-19(2,3)15-9-11-17(13-15)21(7,8)18-12-10-16(14-18)20(4,5)6/h11-14H,9-10H2,1-8H3. The molecule has 0 unspecified atom stereocenters. The van der Waals surface area contributed by atoms with Gasteiger partial charge < -0.3 is 0 Å². The molecule has 0 N–H and O–H groups in total. The fourth-order valence-electron chi connectivity index (χ4n) is 3.13. The average Bonchev–Trinajstić information content (AvgIpc) is 2.97. The molecule has 0 saturated heterocycles. The van der Waals surface area contributed by atoms with Gasteiger partial charge >= 0.3 is 0 Å². The van der Waals surface area contributed by atoms with Crippen LogP contribution in [-0.4, -0.2) is 8.07 Å². The molecule has 0 spiro atoms. The summed E-state index contributed by atoms with van der Waals surface area (Å²) < 4.78 is 0. The SMILES string of the molecule is CC(C)(C)C1=CC([Si](C)(C)C2=CCC(C(C)(C)C)=C2)=CC1. The Labute approximate surface area is 132 Å². The van der Waals surface area contributed by atoms with Gasteiger partial charge in [0.25, 0.3) is 0 Å². The highest BCUT2D eigenvalue weighted by Gasteiger charge is 2.34. The summed E-state index contributed by atoms with van der Waals surface area (Å²) in [4.78, 5) is 0. The Morgan fingerprint density at radius 1 is 0.714 bits per heavy atom. The molecule has 0 radical (unpaired) electrons. The van der Waals surface area contributed by atoms with Gasteiger partial charge in [-0.3, -0.25) is 0 Å². The molecule has 116 valence electrons. The van der Waals surface area contributed by atoms with Gasteiger partial charge in [-0.1, -0.05) is 100 Å². The average molecular weight is 301 g/mol. The van der Waals surface area contributed by atoms with E-state index in [1.54, 1.807) is 21.5 Å². The van der Waals surface area contributed by atoms with Crippen LogP contribution in [0, 0.1) is 10.8 Å². The van der Waals surface area contributed by atoms with E-state index in [4.69, 9.17) is 0 Å². The van der Waals surface area contributed by atoms with Crippen molar-refractivity contribution in [3.8, 4) is 0 Å². The molecule has 0 fully saturated rings. The zero-order valence-electron chi connectivity index (χ0n) is 15.2. The fraction of sp³-hybridized carbons (Fsp3) is 0.600. The highest BCUT2D eigenvalue weighted by Crippen LogP contribution is 2.41. The van der Waals surface area contributed by atoms with Gasteiger partial charge in [-0.05, 0) is 23.7 Å². The van der Waals surface area contributed by atoms with Gasteiger partial charge in [0.2, 0.25) is 0 Å². The van der Waals surface area contributed by atoms with Crippen LogP contribution >= 0.6 is 0 Å². The van der Waals surface area contributed by atoms with E-state index in [1.165, 1.54) is 0 Å². The van der Waals surface area contributed by atoms with Crippen LogP contribution < -0.4 is 0 Å². The van der Waals surface area contributed by atoms with Crippen molar-refractivity contribution >= 4 is 8.07 Å². The zero-order valence-corrected chi connectivity index (χ0v) is 16.2. The first-order valence-corrected chi connectivity index (χ1v) is 11.3. The predicted molar refractivity (Wildman–Crippen MR) is 98.0 cm³/mol. The second-order valence-electron chi connectivity index (χ2n) is 9.19. The molecule has 0 atom stereocenters. The van der Waals surface area contributed by atoms with Crippen molar-refractivity contribution < 1.29 is 0 Å². The minimum atomic E-state index is -1.51.